The number of hydrogen-bond acceptors (Lipinski definition) is 4. The molecule has 0 aromatic heterocycles. The highest BCUT2D eigenvalue weighted by Gasteiger charge is 2.39. The van der Waals surface area contributed by atoms with E-state index in [0.717, 1.165) is 44.8 Å². The van der Waals surface area contributed by atoms with Crippen LogP contribution < -0.4 is 15.8 Å². The zero-order chi connectivity index (χ0) is 17.7. The van der Waals surface area contributed by atoms with Gasteiger partial charge in [0.1, 0.15) is 5.75 Å². The van der Waals surface area contributed by atoms with Crippen molar-refractivity contribution in [2.75, 3.05) is 45.3 Å². The van der Waals surface area contributed by atoms with Crippen molar-refractivity contribution in [1.82, 2.24) is 4.90 Å². The van der Waals surface area contributed by atoms with Crippen LogP contribution in [0.1, 0.15) is 25.7 Å². The van der Waals surface area contributed by atoms with Gasteiger partial charge in [0.05, 0.1) is 18.7 Å². The SMILES string of the molecule is COc1ccc(NC(N)=NCC2(N3CCCC3)CCOCC2)cc1Cl. The first-order chi connectivity index (χ1) is 12.1. The Bertz CT molecular complexity index is 611. The topological polar surface area (TPSA) is 72.1 Å². The zero-order valence-electron chi connectivity index (χ0n) is 14.8. The van der Waals surface area contributed by atoms with E-state index in [0.29, 0.717) is 23.3 Å². The van der Waals surface area contributed by atoms with Gasteiger partial charge in [-0.1, -0.05) is 11.6 Å². The maximum absolute atomic E-state index is 6.15. The number of ether oxygens (including phenoxy) is 2. The number of guanidine groups is 1. The molecule has 6 nitrogen and oxygen atoms in total. The van der Waals surface area contributed by atoms with Crippen molar-refractivity contribution in [2.24, 2.45) is 10.7 Å². The van der Waals surface area contributed by atoms with Crippen molar-refractivity contribution in [1.29, 1.82) is 0 Å². The van der Waals surface area contributed by atoms with E-state index in [-0.39, 0.29) is 5.54 Å². The van der Waals surface area contributed by atoms with Gasteiger partial charge in [0.2, 0.25) is 0 Å². The molecule has 1 aromatic carbocycles. The number of halogens is 1. The Labute approximate surface area is 154 Å². The number of nitrogens with one attached hydrogen (secondary N) is 1. The summed E-state index contributed by atoms with van der Waals surface area (Å²) in [5, 5.41) is 3.66. The number of hydrogen-bond donors (Lipinski definition) is 2. The van der Waals surface area contributed by atoms with Crippen LogP contribution in [0.4, 0.5) is 5.69 Å². The number of aliphatic imine (C=N–C) groups is 1. The van der Waals surface area contributed by atoms with Crippen LogP contribution in [-0.4, -0.2) is 56.4 Å². The molecule has 0 unspecified atom stereocenters. The minimum atomic E-state index is 0.0819. The van der Waals surface area contributed by atoms with Crippen molar-refractivity contribution in [3.63, 3.8) is 0 Å². The average Bonchev–Trinajstić information content (AvgIpc) is 3.16. The minimum absolute atomic E-state index is 0.0819. The normalized spacial score (nSPS) is 21.3. The lowest BCUT2D eigenvalue weighted by molar-refractivity contribution is -0.0138. The van der Waals surface area contributed by atoms with E-state index in [2.05, 4.69) is 15.2 Å². The summed E-state index contributed by atoms with van der Waals surface area (Å²) in [7, 11) is 1.59. The van der Waals surface area contributed by atoms with Gasteiger partial charge in [0.15, 0.2) is 5.96 Å². The lowest BCUT2D eigenvalue weighted by Gasteiger charge is -2.43. The molecule has 0 saturated carbocycles. The van der Waals surface area contributed by atoms with Gasteiger partial charge in [-0.2, -0.15) is 0 Å². The van der Waals surface area contributed by atoms with Gasteiger partial charge >= 0.3 is 0 Å². The van der Waals surface area contributed by atoms with Gasteiger partial charge in [-0.15, -0.1) is 0 Å². The van der Waals surface area contributed by atoms with E-state index in [1.807, 2.05) is 12.1 Å². The van der Waals surface area contributed by atoms with Crippen LogP contribution in [0.25, 0.3) is 0 Å². The van der Waals surface area contributed by atoms with E-state index in [1.54, 1.807) is 13.2 Å². The Kier molecular flexibility index (Phi) is 6.04. The summed E-state index contributed by atoms with van der Waals surface area (Å²) in [5.41, 5.74) is 7.00. The lowest BCUT2D eigenvalue weighted by Crippen LogP contribution is -2.53. The maximum atomic E-state index is 6.15. The molecule has 0 bridgehead atoms. The van der Waals surface area contributed by atoms with Crippen molar-refractivity contribution in [2.45, 2.75) is 31.2 Å². The Balaban J connectivity index is 1.67. The van der Waals surface area contributed by atoms with Crippen LogP contribution in [0, 0.1) is 0 Å². The molecular weight excluding hydrogens is 340 g/mol. The Hall–Kier alpha value is -1.50. The fraction of sp³-hybridized carbons (Fsp3) is 0.611. The largest absolute Gasteiger partial charge is 0.495 e. The number of likely N-dealkylation sites (tertiary alicyclic amines) is 1. The van der Waals surface area contributed by atoms with Crippen LogP contribution in [0.2, 0.25) is 5.02 Å². The highest BCUT2D eigenvalue weighted by molar-refractivity contribution is 6.32. The highest BCUT2D eigenvalue weighted by Crippen LogP contribution is 2.32. The number of anilines is 1. The van der Waals surface area contributed by atoms with E-state index in [9.17, 15) is 0 Å². The van der Waals surface area contributed by atoms with Crippen LogP contribution in [-0.2, 0) is 4.74 Å². The summed E-state index contributed by atoms with van der Waals surface area (Å²) in [6, 6.07) is 5.47. The molecule has 2 aliphatic heterocycles. The average molecular weight is 367 g/mol. The third-order valence-corrected chi connectivity index (χ3v) is 5.46. The second-order valence-electron chi connectivity index (χ2n) is 6.71. The van der Waals surface area contributed by atoms with Gasteiger partial charge in [0, 0.05) is 24.4 Å². The third kappa shape index (κ3) is 4.37. The maximum Gasteiger partial charge on any atom is 0.193 e. The predicted molar refractivity (Wildman–Crippen MR) is 102 cm³/mol. The van der Waals surface area contributed by atoms with Gasteiger partial charge in [-0.3, -0.25) is 9.89 Å². The first-order valence-electron chi connectivity index (χ1n) is 8.86. The predicted octanol–water partition coefficient (Wildman–Crippen LogP) is 2.72. The van der Waals surface area contributed by atoms with Crippen molar-refractivity contribution in [3.8, 4) is 5.75 Å². The first-order valence-corrected chi connectivity index (χ1v) is 9.24. The quantitative estimate of drug-likeness (QED) is 0.619. The second kappa shape index (κ2) is 8.25. The van der Waals surface area contributed by atoms with Crippen LogP contribution in [0.3, 0.4) is 0 Å². The van der Waals surface area contributed by atoms with Crippen molar-refractivity contribution >= 4 is 23.2 Å². The lowest BCUT2D eigenvalue weighted by atomic mass is 9.88. The molecule has 2 heterocycles. The first kappa shape index (κ1) is 18.3. The third-order valence-electron chi connectivity index (χ3n) is 5.17. The summed E-state index contributed by atoms with van der Waals surface area (Å²) in [6.45, 7) is 4.59. The highest BCUT2D eigenvalue weighted by atomic mass is 35.5. The number of nitrogens with two attached hydrogens (primary N) is 1. The molecule has 138 valence electrons. The Morgan fingerprint density at radius 1 is 1.36 bits per heavy atom. The van der Waals surface area contributed by atoms with Gasteiger partial charge in [-0.05, 0) is 57.0 Å². The van der Waals surface area contributed by atoms with E-state index < -0.39 is 0 Å². The molecule has 2 saturated heterocycles. The smallest absolute Gasteiger partial charge is 0.193 e. The fourth-order valence-electron chi connectivity index (χ4n) is 3.68. The van der Waals surface area contributed by atoms with Gasteiger partial charge < -0.3 is 20.5 Å². The van der Waals surface area contributed by atoms with Crippen LogP contribution in [0.5, 0.6) is 5.75 Å². The molecule has 0 spiro atoms. The molecule has 3 N–H and O–H groups in total. The zero-order valence-corrected chi connectivity index (χ0v) is 15.5. The molecule has 0 radical (unpaired) electrons. The molecule has 1 aromatic rings. The standard InChI is InChI=1S/C18H27ClN4O2/c1-24-16-5-4-14(12-15(16)19)22-17(20)21-13-18(6-10-25-11-7-18)23-8-2-3-9-23/h4-5,12H,2-3,6-11,13H2,1H3,(H3,20,21,22). The molecule has 3 rings (SSSR count). The number of benzene rings is 1. The number of rotatable bonds is 5. The summed E-state index contributed by atoms with van der Waals surface area (Å²) < 4.78 is 10.7. The molecule has 2 fully saturated rings. The number of nitrogens with zero attached hydrogens (tertiary/aromatic N) is 2. The summed E-state index contributed by atoms with van der Waals surface area (Å²) in [5.74, 6) is 1.05. The molecule has 7 heteroatoms. The second-order valence-corrected chi connectivity index (χ2v) is 7.11. The van der Waals surface area contributed by atoms with Crippen LogP contribution in [0.15, 0.2) is 23.2 Å². The molecule has 0 atom stereocenters. The van der Waals surface area contributed by atoms with Crippen molar-refractivity contribution < 1.29 is 9.47 Å². The van der Waals surface area contributed by atoms with Gasteiger partial charge in [-0.25, -0.2) is 0 Å². The molecule has 0 aliphatic carbocycles. The Morgan fingerprint density at radius 2 is 2.08 bits per heavy atom. The summed E-state index contributed by atoms with van der Waals surface area (Å²) >= 11 is 6.15. The van der Waals surface area contributed by atoms with Gasteiger partial charge in [0.25, 0.3) is 0 Å². The molecule has 25 heavy (non-hydrogen) atoms. The van der Waals surface area contributed by atoms with E-state index in [4.69, 9.17) is 26.8 Å². The van der Waals surface area contributed by atoms with Crippen LogP contribution >= 0.6 is 11.6 Å². The minimum Gasteiger partial charge on any atom is -0.495 e. The van der Waals surface area contributed by atoms with E-state index >= 15 is 0 Å². The van der Waals surface area contributed by atoms with E-state index in [1.165, 1.54) is 12.8 Å². The monoisotopic (exact) mass is 366 g/mol. The summed E-state index contributed by atoms with van der Waals surface area (Å²) in [6.07, 6.45) is 4.56. The molecular formula is C18H27ClN4O2. The fourth-order valence-corrected chi connectivity index (χ4v) is 3.94. The Morgan fingerprint density at radius 3 is 2.72 bits per heavy atom. The summed E-state index contributed by atoms with van der Waals surface area (Å²) in [4.78, 5) is 7.22. The molecule has 0 amide bonds. The number of methoxy groups -OCH3 is 1. The molecule has 2 aliphatic rings. The van der Waals surface area contributed by atoms with Crippen molar-refractivity contribution in [3.05, 3.63) is 23.2 Å².